The SMILES string of the molecule is O=C(CC1(COc2cccc(Cl)c2)CCN(C(=O)c2cccc(Cl)c2)CC1)N1CCOCC1. The lowest BCUT2D eigenvalue weighted by Gasteiger charge is -2.42. The van der Waals surface area contributed by atoms with Gasteiger partial charge in [0.25, 0.3) is 5.91 Å². The lowest BCUT2D eigenvalue weighted by Crippen LogP contribution is -2.49. The van der Waals surface area contributed by atoms with Crippen LogP contribution in [0.15, 0.2) is 48.5 Å². The summed E-state index contributed by atoms with van der Waals surface area (Å²) >= 11 is 12.2. The van der Waals surface area contributed by atoms with Crippen molar-refractivity contribution in [2.75, 3.05) is 46.0 Å². The molecule has 176 valence electrons. The molecule has 2 heterocycles. The maximum absolute atomic E-state index is 13.1. The zero-order valence-corrected chi connectivity index (χ0v) is 20.0. The maximum atomic E-state index is 13.1. The van der Waals surface area contributed by atoms with E-state index in [4.69, 9.17) is 32.7 Å². The summed E-state index contributed by atoms with van der Waals surface area (Å²) in [6.07, 6.45) is 1.73. The van der Waals surface area contributed by atoms with Crippen LogP contribution in [-0.2, 0) is 9.53 Å². The summed E-state index contributed by atoms with van der Waals surface area (Å²) in [6, 6.07) is 14.3. The Balaban J connectivity index is 1.45. The Morgan fingerprint density at radius 3 is 2.24 bits per heavy atom. The van der Waals surface area contributed by atoms with Gasteiger partial charge in [-0.1, -0.05) is 35.3 Å². The van der Waals surface area contributed by atoms with Gasteiger partial charge in [-0.05, 0) is 49.2 Å². The van der Waals surface area contributed by atoms with Crippen LogP contribution in [0.5, 0.6) is 5.75 Å². The lowest BCUT2D eigenvalue weighted by atomic mass is 9.75. The molecule has 0 atom stereocenters. The van der Waals surface area contributed by atoms with Crippen molar-refractivity contribution in [3.8, 4) is 5.75 Å². The second-order valence-electron chi connectivity index (χ2n) is 8.72. The fourth-order valence-corrected chi connectivity index (χ4v) is 4.77. The number of hydrogen-bond acceptors (Lipinski definition) is 4. The van der Waals surface area contributed by atoms with E-state index in [0.717, 1.165) is 0 Å². The number of nitrogens with zero attached hydrogens (tertiary/aromatic N) is 2. The van der Waals surface area contributed by atoms with Crippen LogP contribution in [0, 0.1) is 5.41 Å². The summed E-state index contributed by atoms with van der Waals surface area (Å²) in [5.74, 6) is 0.752. The lowest BCUT2D eigenvalue weighted by molar-refractivity contribution is -0.139. The molecule has 0 aromatic heterocycles. The largest absolute Gasteiger partial charge is 0.493 e. The van der Waals surface area contributed by atoms with Crippen LogP contribution in [0.3, 0.4) is 0 Å². The Bertz CT molecular complexity index is 986. The minimum Gasteiger partial charge on any atom is -0.493 e. The average molecular weight is 491 g/mol. The molecule has 2 aliphatic rings. The van der Waals surface area contributed by atoms with Gasteiger partial charge in [-0.15, -0.1) is 0 Å². The standard InChI is InChI=1S/C25H28Cl2N2O4/c26-20-4-1-3-19(15-20)24(31)29-9-7-25(8-10-29,17-23(30)28-11-13-32-14-12-28)18-33-22-6-2-5-21(27)16-22/h1-6,15-16H,7-14,17-18H2. The quantitative estimate of drug-likeness (QED) is 0.596. The van der Waals surface area contributed by atoms with E-state index in [-0.39, 0.29) is 17.2 Å². The van der Waals surface area contributed by atoms with E-state index in [1.165, 1.54) is 0 Å². The smallest absolute Gasteiger partial charge is 0.253 e. The number of benzene rings is 2. The van der Waals surface area contributed by atoms with E-state index >= 15 is 0 Å². The van der Waals surface area contributed by atoms with Crippen LogP contribution in [0.25, 0.3) is 0 Å². The first-order valence-corrected chi connectivity index (χ1v) is 12.0. The number of ether oxygens (including phenoxy) is 2. The zero-order valence-electron chi connectivity index (χ0n) is 18.5. The van der Waals surface area contributed by atoms with Gasteiger partial charge in [-0.2, -0.15) is 0 Å². The average Bonchev–Trinajstić information content (AvgIpc) is 2.83. The number of amides is 2. The van der Waals surface area contributed by atoms with Crippen LogP contribution < -0.4 is 4.74 Å². The highest BCUT2D eigenvalue weighted by molar-refractivity contribution is 6.31. The van der Waals surface area contributed by atoms with Gasteiger partial charge in [0.2, 0.25) is 5.91 Å². The molecule has 33 heavy (non-hydrogen) atoms. The van der Waals surface area contributed by atoms with Crippen LogP contribution in [-0.4, -0.2) is 67.6 Å². The molecule has 4 rings (SSSR count). The summed E-state index contributed by atoms with van der Waals surface area (Å²) < 4.78 is 11.5. The molecular formula is C25H28Cl2N2O4. The molecule has 0 spiro atoms. The van der Waals surface area contributed by atoms with Gasteiger partial charge in [-0.3, -0.25) is 9.59 Å². The molecular weight excluding hydrogens is 463 g/mol. The van der Waals surface area contributed by atoms with Gasteiger partial charge >= 0.3 is 0 Å². The number of likely N-dealkylation sites (tertiary alicyclic amines) is 1. The van der Waals surface area contributed by atoms with Crippen molar-refractivity contribution in [2.45, 2.75) is 19.3 Å². The molecule has 0 bridgehead atoms. The van der Waals surface area contributed by atoms with Crippen molar-refractivity contribution in [3.63, 3.8) is 0 Å². The first kappa shape index (κ1) is 23.9. The van der Waals surface area contributed by atoms with Crippen molar-refractivity contribution in [1.29, 1.82) is 0 Å². The zero-order chi connectivity index (χ0) is 23.3. The van der Waals surface area contributed by atoms with Crippen LogP contribution in [0.2, 0.25) is 10.0 Å². The van der Waals surface area contributed by atoms with Crippen molar-refractivity contribution >= 4 is 35.0 Å². The van der Waals surface area contributed by atoms with E-state index in [0.29, 0.717) is 86.6 Å². The van der Waals surface area contributed by atoms with Crippen molar-refractivity contribution in [1.82, 2.24) is 9.80 Å². The predicted molar refractivity (Wildman–Crippen MR) is 128 cm³/mol. The summed E-state index contributed by atoms with van der Waals surface area (Å²) in [7, 11) is 0. The molecule has 0 N–H and O–H groups in total. The van der Waals surface area contributed by atoms with E-state index in [2.05, 4.69) is 0 Å². The molecule has 2 aromatic carbocycles. The third-order valence-corrected chi connectivity index (χ3v) is 6.88. The third-order valence-electron chi connectivity index (χ3n) is 6.41. The molecule has 0 unspecified atom stereocenters. The summed E-state index contributed by atoms with van der Waals surface area (Å²) in [5.41, 5.74) is 0.220. The van der Waals surface area contributed by atoms with E-state index in [1.807, 2.05) is 21.9 Å². The topological polar surface area (TPSA) is 59.1 Å². The first-order valence-electron chi connectivity index (χ1n) is 11.2. The molecule has 0 saturated carbocycles. The van der Waals surface area contributed by atoms with E-state index in [1.54, 1.807) is 36.4 Å². The van der Waals surface area contributed by atoms with E-state index < -0.39 is 0 Å². The summed E-state index contributed by atoms with van der Waals surface area (Å²) in [5, 5.41) is 1.14. The monoisotopic (exact) mass is 490 g/mol. The molecule has 2 fully saturated rings. The maximum Gasteiger partial charge on any atom is 0.253 e. The highest BCUT2D eigenvalue weighted by Gasteiger charge is 2.40. The fraction of sp³-hybridized carbons (Fsp3) is 0.440. The Morgan fingerprint density at radius 1 is 0.909 bits per heavy atom. The van der Waals surface area contributed by atoms with Gasteiger partial charge in [0.15, 0.2) is 0 Å². The fourth-order valence-electron chi connectivity index (χ4n) is 4.40. The van der Waals surface area contributed by atoms with Crippen molar-refractivity contribution in [2.24, 2.45) is 5.41 Å². The molecule has 2 aromatic rings. The van der Waals surface area contributed by atoms with Crippen molar-refractivity contribution in [3.05, 3.63) is 64.1 Å². The number of hydrogen-bond donors (Lipinski definition) is 0. The number of morpholine rings is 1. The summed E-state index contributed by atoms with van der Waals surface area (Å²) in [6.45, 7) is 3.87. The molecule has 8 heteroatoms. The normalized spacial score (nSPS) is 18.1. The number of rotatable bonds is 6. The second-order valence-corrected chi connectivity index (χ2v) is 9.59. The second kappa shape index (κ2) is 10.8. The van der Waals surface area contributed by atoms with E-state index in [9.17, 15) is 9.59 Å². The minimum atomic E-state index is -0.358. The number of carbonyl (C=O) groups excluding carboxylic acids is 2. The van der Waals surface area contributed by atoms with Crippen LogP contribution >= 0.6 is 23.2 Å². The molecule has 6 nitrogen and oxygen atoms in total. The predicted octanol–water partition coefficient (Wildman–Crippen LogP) is 4.54. The minimum absolute atomic E-state index is 0.0404. The van der Waals surface area contributed by atoms with Crippen LogP contribution in [0.1, 0.15) is 29.6 Å². The molecule has 0 radical (unpaired) electrons. The Hall–Kier alpha value is -2.28. The Morgan fingerprint density at radius 2 is 1.58 bits per heavy atom. The first-order chi connectivity index (χ1) is 15.9. The number of piperidine rings is 1. The Kier molecular flexibility index (Phi) is 7.78. The highest BCUT2D eigenvalue weighted by atomic mass is 35.5. The number of carbonyl (C=O) groups is 2. The molecule has 2 amide bonds. The van der Waals surface area contributed by atoms with Gasteiger partial charge in [0.1, 0.15) is 5.75 Å². The van der Waals surface area contributed by atoms with Gasteiger partial charge in [-0.25, -0.2) is 0 Å². The van der Waals surface area contributed by atoms with Gasteiger partial charge in [0.05, 0.1) is 19.8 Å². The molecule has 2 aliphatic heterocycles. The highest BCUT2D eigenvalue weighted by Crippen LogP contribution is 2.37. The van der Waals surface area contributed by atoms with Crippen LogP contribution in [0.4, 0.5) is 0 Å². The Labute approximate surface area is 204 Å². The third kappa shape index (κ3) is 6.19. The van der Waals surface area contributed by atoms with Gasteiger partial charge in [0, 0.05) is 53.6 Å². The van der Waals surface area contributed by atoms with Gasteiger partial charge < -0.3 is 19.3 Å². The molecule has 2 saturated heterocycles. The molecule has 0 aliphatic carbocycles. The van der Waals surface area contributed by atoms with Crippen molar-refractivity contribution < 1.29 is 19.1 Å². The number of halogens is 2. The summed E-state index contributed by atoms with van der Waals surface area (Å²) in [4.78, 5) is 29.8.